The van der Waals surface area contributed by atoms with Crippen molar-refractivity contribution in [3.63, 3.8) is 0 Å². The zero-order chi connectivity index (χ0) is 14.7. The molecule has 1 aromatic rings. The number of carbonyl (C=O) groups is 1. The molecule has 1 amide bonds. The quantitative estimate of drug-likeness (QED) is 0.843. The summed E-state index contributed by atoms with van der Waals surface area (Å²) in [6.45, 7) is 4.16. The molecule has 1 heterocycles. The minimum absolute atomic E-state index is 0.190. The summed E-state index contributed by atoms with van der Waals surface area (Å²) >= 11 is 0. The van der Waals surface area contributed by atoms with Gasteiger partial charge in [0.15, 0.2) is 6.10 Å². The molecule has 1 aromatic carbocycles. The second-order valence-corrected chi connectivity index (χ2v) is 5.63. The Balaban J connectivity index is 1.57. The molecule has 21 heavy (non-hydrogen) atoms. The molecule has 0 radical (unpaired) electrons. The zero-order valence-corrected chi connectivity index (χ0v) is 12.4. The van der Waals surface area contributed by atoms with Crippen molar-refractivity contribution in [1.82, 2.24) is 10.6 Å². The van der Waals surface area contributed by atoms with Gasteiger partial charge in [0.25, 0.3) is 0 Å². The Hall–Kier alpha value is -1.75. The van der Waals surface area contributed by atoms with Crippen LogP contribution in [0.25, 0.3) is 0 Å². The Morgan fingerprint density at radius 1 is 1.48 bits per heavy atom. The van der Waals surface area contributed by atoms with Gasteiger partial charge in [0, 0.05) is 6.04 Å². The molecule has 2 atom stereocenters. The molecule has 5 nitrogen and oxygen atoms in total. The summed E-state index contributed by atoms with van der Waals surface area (Å²) < 4.78 is 10.8. The molecule has 0 bridgehead atoms. The molecule has 2 N–H and O–H groups in total. The van der Waals surface area contributed by atoms with Crippen molar-refractivity contribution in [2.45, 2.75) is 38.3 Å². The van der Waals surface area contributed by atoms with Crippen molar-refractivity contribution in [3.8, 4) is 5.75 Å². The number of hydrogen-bond acceptors (Lipinski definition) is 4. The molecule has 1 aliphatic heterocycles. The molecule has 1 fully saturated rings. The van der Waals surface area contributed by atoms with Gasteiger partial charge in [-0.05, 0) is 49.1 Å². The predicted octanol–water partition coefficient (Wildman–Crippen LogP) is 2.16. The van der Waals surface area contributed by atoms with Crippen molar-refractivity contribution < 1.29 is 14.3 Å². The lowest BCUT2D eigenvalue weighted by Gasteiger charge is -2.14. The molecule has 5 heteroatoms. The lowest BCUT2D eigenvalue weighted by Crippen LogP contribution is -2.22. The van der Waals surface area contributed by atoms with Gasteiger partial charge in [-0.3, -0.25) is 0 Å². The Morgan fingerprint density at radius 2 is 2.38 bits per heavy atom. The fourth-order valence-corrected chi connectivity index (χ4v) is 2.93. The van der Waals surface area contributed by atoms with E-state index in [4.69, 9.17) is 9.47 Å². The number of benzene rings is 1. The molecule has 1 saturated heterocycles. The van der Waals surface area contributed by atoms with Gasteiger partial charge >= 0.3 is 6.09 Å². The molecule has 0 aromatic heterocycles. The van der Waals surface area contributed by atoms with Gasteiger partial charge in [-0.15, -0.1) is 0 Å². The molecule has 1 aliphatic carbocycles. The fourth-order valence-electron chi connectivity index (χ4n) is 2.93. The number of amides is 1. The van der Waals surface area contributed by atoms with Crippen molar-refractivity contribution >= 4 is 6.09 Å². The standard InChI is InChI=1S/C16H22N2O3/c1-2-7-17-15-6-3-11-8-12(4-5-14(11)15)20-10-13-9-18-16(19)21-13/h4-5,8,13,15,17H,2-3,6-7,9-10H2,1H3,(H,18,19). The van der Waals surface area contributed by atoms with Crippen LogP contribution in [0, 0.1) is 0 Å². The second-order valence-electron chi connectivity index (χ2n) is 5.63. The highest BCUT2D eigenvalue weighted by atomic mass is 16.6. The van der Waals surface area contributed by atoms with Gasteiger partial charge in [0.2, 0.25) is 0 Å². The molecule has 0 spiro atoms. The number of ether oxygens (including phenoxy) is 2. The van der Waals surface area contributed by atoms with Crippen molar-refractivity contribution in [3.05, 3.63) is 29.3 Å². The summed E-state index contributed by atoms with van der Waals surface area (Å²) in [7, 11) is 0. The maximum Gasteiger partial charge on any atom is 0.407 e. The smallest absolute Gasteiger partial charge is 0.407 e. The van der Waals surface area contributed by atoms with E-state index in [1.165, 1.54) is 11.1 Å². The molecule has 3 rings (SSSR count). The van der Waals surface area contributed by atoms with Crippen LogP contribution in [0.2, 0.25) is 0 Å². The van der Waals surface area contributed by atoms with Gasteiger partial charge in [-0.1, -0.05) is 13.0 Å². The van der Waals surface area contributed by atoms with Crippen LogP contribution >= 0.6 is 0 Å². The molecular weight excluding hydrogens is 268 g/mol. The first-order valence-electron chi connectivity index (χ1n) is 7.69. The fraction of sp³-hybridized carbons (Fsp3) is 0.562. The van der Waals surface area contributed by atoms with Crippen LogP contribution in [0.15, 0.2) is 18.2 Å². The maximum absolute atomic E-state index is 10.9. The number of aryl methyl sites for hydroxylation is 1. The summed E-state index contributed by atoms with van der Waals surface area (Å²) in [5.41, 5.74) is 2.76. The summed E-state index contributed by atoms with van der Waals surface area (Å²) in [6, 6.07) is 6.76. The van der Waals surface area contributed by atoms with E-state index in [1.807, 2.05) is 6.07 Å². The average molecular weight is 290 g/mol. The third-order valence-electron chi connectivity index (χ3n) is 4.02. The monoisotopic (exact) mass is 290 g/mol. The van der Waals surface area contributed by atoms with Crippen LogP contribution in [0.5, 0.6) is 5.75 Å². The van der Waals surface area contributed by atoms with Gasteiger partial charge in [-0.25, -0.2) is 4.79 Å². The lowest BCUT2D eigenvalue weighted by atomic mass is 10.1. The van der Waals surface area contributed by atoms with E-state index in [2.05, 4.69) is 29.7 Å². The van der Waals surface area contributed by atoms with E-state index in [0.717, 1.165) is 31.6 Å². The highest BCUT2D eigenvalue weighted by molar-refractivity contribution is 5.69. The first kappa shape index (κ1) is 14.2. The van der Waals surface area contributed by atoms with Crippen LogP contribution in [0.3, 0.4) is 0 Å². The van der Waals surface area contributed by atoms with E-state index in [1.54, 1.807) is 0 Å². The molecule has 2 aliphatic rings. The number of cyclic esters (lactones) is 1. The summed E-state index contributed by atoms with van der Waals surface area (Å²) in [6.07, 6.45) is 2.85. The van der Waals surface area contributed by atoms with Gasteiger partial charge < -0.3 is 20.1 Å². The van der Waals surface area contributed by atoms with E-state index in [-0.39, 0.29) is 12.2 Å². The largest absolute Gasteiger partial charge is 0.490 e. The van der Waals surface area contributed by atoms with Crippen LogP contribution < -0.4 is 15.4 Å². The maximum atomic E-state index is 10.9. The van der Waals surface area contributed by atoms with E-state index >= 15 is 0 Å². The topological polar surface area (TPSA) is 59.6 Å². The molecular formula is C16H22N2O3. The SMILES string of the molecule is CCCNC1CCc2cc(OCC3CNC(=O)O3)ccc21. The Labute approximate surface area is 125 Å². The van der Waals surface area contributed by atoms with Gasteiger partial charge in [-0.2, -0.15) is 0 Å². The predicted molar refractivity (Wildman–Crippen MR) is 79.6 cm³/mol. The number of carbonyl (C=O) groups excluding carboxylic acids is 1. The first-order valence-corrected chi connectivity index (χ1v) is 7.69. The lowest BCUT2D eigenvalue weighted by molar-refractivity contribution is 0.105. The summed E-state index contributed by atoms with van der Waals surface area (Å²) in [4.78, 5) is 10.9. The molecule has 0 saturated carbocycles. The molecule has 114 valence electrons. The van der Waals surface area contributed by atoms with Gasteiger partial charge in [0.1, 0.15) is 12.4 Å². The first-order chi connectivity index (χ1) is 10.3. The molecule has 2 unspecified atom stereocenters. The van der Waals surface area contributed by atoms with Crippen molar-refractivity contribution in [1.29, 1.82) is 0 Å². The third-order valence-corrected chi connectivity index (χ3v) is 4.02. The normalized spacial score (nSPS) is 23.6. The van der Waals surface area contributed by atoms with E-state index < -0.39 is 0 Å². The number of nitrogens with one attached hydrogen (secondary N) is 2. The second kappa shape index (κ2) is 6.35. The third kappa shape index (κ3) is 3.29. The summed E-state index contributed by atoms with van der Waals surface area (Å²) in [5, 5.41) is 6.21. The Kier molecular flexibility index (Phi) is 4.29. The van der Waals surface area contributed by atoms with Crippen LogP contribution in [-0.4, -0.2) is 31.9 Å². The summed E-state index contributed by atoms with van der Waals surface area (Å²) in [5.74, 6) is 0.854. The highest BCUT2D eigenvalue weighted by Crippen LogP contribution is 2.33. The number of rotatable bonds is 6. The van der Waals surface area contributed by atoms with Crippen molar-refractivity contribution in [2.75, 3.05) is 19.7 Å². The van der Waals surface area contributed by atoms with Crippen LogP contribution in [0.1, 0.15) is 36.9 Å². The highest BCUT2D eigenvalue weighted by Gasteiger charge is 2.24. The zero-order valence-electron chi connectivity index (χ0n) is 12.4. The number of hydrogen-bond donors (Lipinski definition) is 2. The minimum Gasteiger partial charge on any atom is -0.490 e. The van der Waals surface area contributed by atoms with Gasteiger partial charge in [0.05, 0.1) is 6.54 Å². The van der Waals surface area contributed by atoms with Crippen LogP contribution in [-0.2, 0) is 11.2 Å². The number of alkyl carbamates (subject to hydrolysis) is 1. The Bertz CT molecular complexity index is 518. The Morgan fingerprint density at radius 3 is 3.14 bits per heavy atom. The minimum atomic E-state index is -0.359. The van der Waals surface area contributed by atoms with Crippen LogP contribution in [0.4, 0.5) is 4.79 Å². The van der Waals surface area contributed by atoms with E-state index in [0.29, 0.717) is 19.2 Å². The number of fused-ring (bicyclic) bond motifs is 1. The average Bonchev–Trinajstić information content (AvgIpc) is 3.09. The van der Waals surface area contributed by atoms with Crippen molar-refractivity contribution in [2.24, 2.45) is 0 Å². The van der Waals surface area contributed by atoms with E-state index in [9.17, 15) is 4.79 Å².